The van der Waals surface area contributed by atoms with Gasteiger partial charge >= 0.3 is 0 Å². The Hall–Kier alpha value is -4.42. The van der Waals surface area contributed by atoms with E-state index < -0.39 is 11.9 Å². The van der Waals surface area contributed by atoms with Gasteiger partial charge in [0.1, 0.15) is 41.4 Å². The Bertz CT molecular complexity index is 1370. The molecule has 0 saturated heterocycles. The van der Waals surface area contributed by atoms with Gasteiger partial charge in [-0.25, -0.2) is 4.39 Å². The summed E-state index contributed by atoms with van der Waals surface area (Å²) >= 11 is 0. The zero-order valence-electron chi connectivity index (χ0n) is 21.5. The van der Waals surface area contributed by atoms with Crippen molar-refractivity contribution >= 4 is 17.5 Å². The summed E-state index contributed by atoms with van der Waals surface area (Å²) in [5.41, 5.74) is 1.41. The first kappa shape index (κ1) is 26.6. The first-order chi connectivity index (χ1) is 18.3. The topological polar surface area (TPSA) is 92.8 Å². The van der Waals surface area contributed by atoms with Crippen molar-refractivity contribution in [3.63, 3.8) is 0 Å². The largest absolute Gasteiger partial charge is 0.489 e. The molecular formula is C29H29FN4O4. The maximum absolute atomic E-state index is 13.2. The number of amides is 2. The minimum absolute atomic E-state index is 0.0419. The van der Waals surface area contributed by atoms with E-state index in [-0.39, 0.29) is 29.9 Å². The predicted molar refractivity (Wildman–Crippen MR) is 142 cm³/mol. The number of nitrogens with one attached hydrogen (secondary N) is 2. The van der Waals surface area contributed by atoms with E-state index in [2.05, 4.69) is 34.4 Å². The number of hydrogen-bond donors (Lipinski definition) is 2. The number of nitrogens with zero attached hydrogens (tertiary/aromatic N) is 2. The third-order valence-electron chi connectivity index (χ3n) is 5.96. The Morgan fingerprint density at radius 2 is 2.00 bits per heavy atom. The van der Waals surface area contributed by atoms with E-state index in [1.54, 1.807) is 19.2 Å². The highest BCUT2D eigenvalue weighted by atomic mass is 19.1. The highest BCUT2D eigenvalue weighted by Crippen LogP contribution is 2.31. The zero-order chi connectivity index (χ0) is 27.1. The summed E-state index contributed by atoms with van der Waals surface area (Å²) in [5.74, 6) is 6.64. The monoisotopic (exact) mass is 516 g/mol. The summed E-state index contributed by atoms with van der Waals surface area (Å²) in [6.45, 7) is 2.92. The Labute approximate surface area is 221 Å². The van der Waals surface area contributed by atoms with Gasteiger partial charge in [0.25, 0.3) is 11.8 Å². The van der Waals surface area contributed by atoms with Crippen LogP contribution < -0.4 is 25.0 Å². The van der Waals surface area contributed by atoms with E-state index in [9.17, 15) is 14.0 Å². The number of hydrogen-bond acceptors (Lipinski definition) is 6. The highest BCUT2D eigenvalue weighted by molar-refractivity contribution is 6.03. The average molecular weight is 517 g/mol. The van der Waals surface area contributed by atoms with Gasteiger partial charge < -0.3 is 25.0 Å². The van der Waals surface area contributed by atoms with E-state index >= 15 is 0 Å². The molecule has 4 rings (SSSR count). The minimum Gasteiger partial charge on any atom is -0.489 e. The molecule has 1 aromatic heterocycles. The smallest absolute Gasteiger partial charge is 0.270 e. The second-order valence-corrected chi connectivity index (χ2v) is 8.91. The van der Waals surface area contributed by atoms with Gasteiger partial charge in [0.05, 0.1) is 5.69 Å². The van der Waals surface area contributed by atoms with Crippen LogP contribution >= 0.6 is 0 Å². The Balaban J connectivity index is 1.44. The van der Waals surface area contributed by atoms with Gasteiger partial charge in [0.15, 0.2) is 0 Å². The summed E-state index contributed by atoms with van der Waals surface area (Å²) in [4.78, 5) is 31.7. The van der Waals surface area contributed by atoms with Crippen LogP contribution in [0.4, 0.5) is 10.1 Å². The molecule has 0 bridgehead atoms. The van der Waals surface area contributed by atoms with Crippen molar-refractivity contribution in [1.82, 2.24) is 15.6 Å². The molecule has 9 heteroatoms. The number of ether oxygens (including phenoxy) is 2. The van der Waals surface area contributed by atoms with Crippen molar-refractivity contribution in [2.45, 2.75) is 19.4 Å². The Morgan fingerprint density at radius 1 is 1.21 bits per heavy atom. The Morgan fingerprint density at radius 3 is 2.76 bits per heavy atom. The number of anilines is 1. The maximum atomic E-state index is 13.2. The minimum atomic E-state index is -0.931. The predicted octanol–water partition coefficient (Wildman–Crippen LogP) is 3.76. The molecule has 2 aromatic carbocycles. The fraction of sp³-hybridized carbons (Fsp3) is 0.276. The lowest BCUT2D eigenvalue weighted by Crippen LogP contribution is -2.49. The average Bonchev–Trinajstić information content (AvgIpc) is 3.04. The van der Waals surface area contributed by atoms with Crippen molar-refractivity contribution in [3.05, 3.63) is 77.9 Å². The molecule has 0 spiro atoms. The third kappa shape index (κ3) is 6.66. The molecule has 0 aliphatic carbocycles. The molecule has 3 aromatic rings. The van der Waals surface area contributed by atoms with Crippen LogP contribution in [0.15, 0.2) is 60.8 Å². The lowest BCUT2D eigenvalue weighted by Gasteiger charge is -2.20. The number of aromatic nitrogens is 1. The van der Waals surface area contributed by atoms with Crippen LogP contribution in [0.2, 0.25) is 0 Å². The molecule has 0 saturated carbocycles. The first-order valence-electron chi connectivity index (χ1n) is 12.2. The molecule has 2 N–H and O–H groups in total. The van der Waals surface area contributed by atoms with Gasteiger partial charge in [-0.15, -0.1) is 0 Å². The summed E-state index contributed by atoms with van der Waals surface area (Å²) in [7, 11) is 3.55. The van der Waals surface area contributed by atoms with Crippen LogP contribution in [0.5, 0.6) is 17.2 Å². The normalized spacial score (nSPS) is 15.3. The second-order valence-electron chi connectivity index (χ2n) is 8.91. The molecule has 196 valence electrons. The van der Waals surface area contributed by atoms with Gasteiger partial charge in [0, 0.05) is 30.8 Å². The second kappa shape index (κ2) is 12.2. The quantitative estimate of drug-likeness (QED) is 0.465. The van der Waals surface area contributed by atoms with E-state index in [0.29, 0.717) is 22.9 Å². The maximum Gasteiger partial charge on any atom is 0.270 e. The van der Waals surface area contributed by atoms with E-state index in [4.69, 9.17) is 9.47 Å². The lowest BCUT2D eigenvalue weighted by atomic mass is 10.1. The van der Waals surface area contributed by atoms with Crippen LogP contribution in [0.1, 0.15) is 29.4 Å². The molecule has 38 heavy (non-hydrogen) atoms. The first-order valence-corrected chi connectivity index (χ1v) is 12.2. The van der Waals surface area contributed by atoms with Gasteiger partial charge in [-0.05, 0) is 68.5 Å². The molecule has 2 amide bonds. The molecule has 1 unspecified atom stereocenters. The summed E-state index contributed by atoms with van der Waals surface area (Å²) in [6, 6.07) is 13.0. The molecule has 2 atom stereocenters. The van der Waals surface area contributed by atoms with Gasteiger partial charge in [-0.1, -0.05) is 18.8 Å². The van der Waals surface area contributed by atoms with E-state index in [1.165, 1.54) is 41.4 Å². The summed E-state index contributed by atoms with van der Waals surface area (Å²) in [5, 5.41) is 5.82. The fourth-order valence-corrected chi connectivity index (χ4v) is 3.79. The number of halogens is 1. The summed E-state index contributed by atoms with van der Waals surface area (Å²) < 4.78 is 24.7. The highest BCUT2D eigenvalue weighted by Gasteiger charge is 2.31. The van der Waals surface area contributed by atoms with Crippen molar-refractivity contribution in [3.8, 4) is 29.1 Å². The lowest BCUT2D eigenvalue weighted by molar-refractivity contribution is -0.120. The van der Waals surface area contributed by atoms with E-state index in [1.807, 2.05) is 19.2 Å². The molecule has 1 aliphatic rings. The molecule has 0 fully saturated rings. The zero-order valence-corrected chi connectivity index (χ0v) is 21.5. The van der Waals surface area contributed by atoms with Crippen LogP contribution in [0, 0.1) is 23.6 Å². The van der Waals surface area contributed by atoms with Crippen LogP contribution in [-0.2, 0) is 4.79 Å². The number of benzene rings is 2. The van der Waals surface area contributed by atoms with Crippen LogP contribution in [0.3, 0.4) is 0 Å². The number of likely N-dealkylation sites (N-methyl/N-ethyl adjacent to an activating group) is 1. The Kier molecular flexibility index (Phi) is 8.56. The SMILES string of the molecule is CNCCC(C)C#Cc1ccc2c(c1)N(C)C(=O)[C@@H](NC(=O)c1cc(Oc3ccc(F)cc3)ccn1)CO2. The number of fused-ring (bicyclic) bond motifs is 1. The molecule has 2 heterocycles. The molecule has 0 radical (unpaired) electrons. The van der Waals surface area contributed by atoms with Crippen LogP contribution in [-0.4, -0.2) is 50.1 Å². The van der Waals surface area contributed by atoms with Crippen LogP contribution in [0.25, 0.3) is 0 Å². The van der Waals surface area contributed by atoms with Gasteiger partial charge in [-0.2, -0.15) is 0 Å². The van der Waals surface area contributed by atoms with Crippen molar-refractivity contribution in [1.29, 1.82) is 0 Å². The fourth-order valence-electron chi connectivity index (χ4n) is 3.79. The van der Waals surface area contributed by atoms with Gasteiger partial charge in [-0.3, -0.25) is 14.6 Å². The number of carbonyl (C=O) groups is 2. The third-order valence-corrected chi connectivity index (χ3v) is 5.96. The van der Waals surface area contributed by atoms with Crippen molar-refractivity contribution in [2.24, 2.45) is 5.92 Å². The summed E-state index contributed by atoms with van der Waals surface area (Å²) in [6.07, 6.45) is 2.36. The number of pyridine rings is 1. The molecular weight excluding hydrogens is 487 g/mol. The van der Waals surface area contributed by atoms with Crippen molar-refractivity contribution in [2.75, 3.05) is 32.1 Å². The molecule has 8 nitrogen and oxygen atoms in total. The number of carbonyl (C=O) groups excluding carboxylic acids is 2. The van der Waals surface area contributed by atoms with Gasteiger partial charge in [0.2, 0.25) is 0 Å². The van der Waals surface area contributed by atoms with E-state index in [0.717, 1.165) is 18.5 Å². The van der Waals surface area contributed by atoms with Crippen molar-refractivity contribution < 1.29 is 23.5 Å². The number of rotatable bonds is 7. The molecule has 1 aliphatic heterocycles. The standard InChI is InChI=1S/C29H29FN4O4/c1-19(12-14-31-2)4-5-20-6-11-27-26(16-20)34(3)29(36)25(18-37-27)33-28(35)24-17-23(13-15-32-24)38-22-9-7-21(30)8-10-22/h6-11,13,15-17,19,25,31H,12,14,18H2,1-3H3,(H,33,35)/t19?,25-/m0/s1.